The molecule has 0 spiro atoms. The van der Waals surface area contributed by atoms with Gasteiger partial charge in [0.2, 0.25) is 0 Å². The molecule has 3 heteroatoms. The van der Waals surface area contributed by atoms with Gasteiger partial charge in [0.15, 0.2) is 5.58 Å². The number of furan rings is 1. The lowest BCUT2D eigenvalue weighted by molar-refractivity contribution is 0.670. The molecule has 2 nitrogen and oxygen atoms in total. The van der Waals surface area contributed by atoms with E-state index in [0.717, 1.165) is 27.5 Å². The number of benzene rings is 4. The Labute approximate surface area is 196 Å². The molecule has 8 rings (SSSR count). The first-order valence-corrected chi connectivity index (χ1v) is 11.7. The molecule has 0 saturated carbocycles. The minimum atomic E-state index is 0.266. The third-order valence-electron chi connectivity index (χ3n) is 7.41. The van der Waals surface area contributed by atoms with Gasteiger partial charge in [-0.15, -0.1) is 0 Å². The van der Waals surface area contributed by atoms with Crippen molar-refractivity contribution in [1.82, 2.24) is 0 Å². The maximum Gasteiger partial charge on any atom is 0.154 e. The van der Waals surface area contributed by atoms with Crippen molar-refractivity contribution in [1.29, 1.82) is 0 Å². The van der Waals surface area contributed by atoms with E-state index in [1.54, 1.807) is 0 Å². The molecule has 33 heavy (non-hydrogen) atoms. The molecule has 3 heterocycles. The van der Waals surface area contributed by atoms with E-state index >= 15 is 0 Å². The molecule has 0 saturated heterocycles. The second-order valence-corrected chi connectivity index (χ2v) is 9.41. The zero-order valence-corrected chi connectivity index (χ0v) is 18.4. The minimum Gasteiger partial charge on any atom is -0.454 e. The van der Waals surface area contributed by atoms with Gasteiger partial charge in [-0.1, -0.05) is 90.5 Å². The summed E-state index contributed by atoms with van der Waals surface area (Å²) in [6.45, 7) is 0. The summed E-state index contributed by atoms with van der Waals surface area (Å²) in [4.78, 5) is 2.53. The van der Waals surface area contributed by atoms with Crippen molar-refractivity contribution >= 4 is 44.9 Å². The molecular weight excluding hydrogens is 426 g/mol. The maximum atomic E-state index is 6.55. The van der Waals surface area contributed by atoms with Gasteiger partial charge in [0.05, 0.1) is 16.8 Å². The predicted molar refractivity (Wildman–Crippen MR) is 137 cm³/mol. The van der Waals surface area contributed by atoms with E-state index in [4.69, 9.17) is 16.0 Å². The summed E-state index contributed by atoms with van der Waals surface area (Å²) in [5, 5.41) is 2.81. The van der Waals surface area contributed by atoms with Crippen LogP contribution in [0.5, 0.6) is 0 Å². The van der Waals surface area contributed by atoms with Gasteiger partial charge >= 0.3 is 0 Å². The number of hydrogen-bond donors (Lipinski definition) is 0. The number of rotatable bonds is 0. The number of fused-ring (bicyclic) bond motifs is 12. The Morgan fingerprint density at radius 2 is 1.52 bits per heavy atom. The summed E-state index contributed by atoms with van der Waals surface area (Å²) in [6.07, 6.45) is 9.01. The van der Waals surface area contributed by atoms with Crippen LogP contribution in [0, 0.1) is 0 Å². The van der Waals surface area contributed by atoms with Gasteiger partial charge in [-0.25, -0.2) is 0 Å². The van der Waals surface area contributed by atoms with Crippen molar-refractivity contribution in [3.05, 3.63) is 108 Å². The molecule has 1 aliphatic carbocycles. The average molecular weight is 444 g/mol. The lowest BCUT2D eigenvalue weighted by Gasteiger charge is -2.29. The van der Waals surface area contributed by atoms with Crippen molar-refractivity contribution in [2.45, 2.75) is 12.0 Å². The van der Waals surface area contributed by atoms with Crippen molar-refractivity contribution in [3.8, 4) is 22.3 Å². The smallest absolute Gasteiger partial charge is 0.154 e. The molecule has 156 valence electrons. The van der Waals surface area contributed by atoms with E-state index in [1.165, 1.54) is 33.6 Å². The summed E-state index contributed by atoms with van der Waals surface area (Å²) in [5.74, 6) is 0.337. The molecule has 2 unspecified atom stereocenters. The van der Waals surface area contributed by atoms with Gasteiger partial charge < -0.3 is 9.32 Å². The zero-order chi connectivity index (χ0) is 21.7. The zero-order valence-electron chi connectivity index (χ0n) is 17.6. The van der Waals surface area contributed by atoms with Crippen LogP contribution in [0.2, 0.25) is 5.02 Å². The second-order valence-electron chi connectivity index (χ2n) is 9.00. The Morgan fingerprint density at radius 1 is 0.697 bits per heavy atom. The van der Waals surface area contributed by atoms with Gasteiger partial charge in [0, 0.05) is 39.1 Å². The summed E-state index contributed by atoms with van der Waals surface area (Å²) < 4.78 is 6.54. The van der Waals surface area contributed by atoms with E-state index in [2.05, 4.69) is 89.9 Å². The van der Waals surface area contributed by atoms with E-state index in [9.17, 15) is 0 Å². The van der Waals surface area contributed by atoms with Crippen molar-refractivity contribution in [3.63, 3.8) is 0 Å². The van der Waals surface area contributed by atoms with Gasteiger partial charge in [-0.05, 0) is 29.3 Å². The monoisotopic (exact) mass is 443 g/mol. The lowest BCUT2D eigenvalue weighted by atomic mass is 9.87. The molecule has 4 aromatic carbocycles. The molecule has 0 radical (unpaired) electrons. The number of para-hydroxylation sites is 3. The fourth-order valence-electron chi connectivity index (χ4n) is 6.09. The molecule has 0 bridgehead atoms. The minimum absolute atomic E-state index is 0.266. The molecule has 2 atom stereocenters. The SMILES string of the molecule is Clc1cccc2c1oc1c3c(ccc12)-c1ccccc1N1c2c-3cccc2C2C=CC=CC21. The Balaban J connectivity index is 1.59. The van der Waals surface area contributed by atoms with Crippen LogP contribution in [0.25, 0.3) is 44.2 Å². The molecule has 5 aromatic rings. The summed E-state index contributed by atoms with van der Waals surface area (Å²) >= 11 is 6.55. The maximum absolute atomic E-state index is 6.55. The highest BCUT2D eigenvalue weighted by Crippen LogP contribution is 2.58. The fraction of sp³-hybridized carbons (Fsp3) is 0.0667. The fourth-order valence-corrected chi connectivity index (χ4v) is 6.30. The van der Waals surface area contributed by atoms with Crippen molar-refractivity contribution in [2.24, 2.45) is 0 Å². The normalized spacial score (nSPS) is 19.4. The first kappa shape index (κ1) is 17.8. The number of halogens is 1. The summed E-state index contributed by atoms with van der Waals surface area (Å²) in [5.41, 5.74) is 10.3. The third-order valence-corrected chi connectivity index (χ3v) is 7.71. The van der Waals surface area contributed by atoms with E-state index in [0.29, 0.717) is 10.9 Å². The van der Waals surface area contributed by atoms with E-state index in [-0.39, 0.29) is 6.04 Å². The van der Waals surface area contributed by atoms with Crippen LogP contribution in [-0.4, -0.2) is 6.04 Å². The Morgan fingerprint density at radius 3 is 2.48 bits per heavy atom. The Bertz CT molecular complexity index is 1710. The van der Waals surface area contributed by atoms with Gasteiger partial charge in [0.1, 0.15) is 5.58 Å². The largest absolute Gasteiger partial charge is 0.454 e. The van der Waals surface area contributed by atoms with Gasteiger partial charge in [0.25, 0.3) is 0 Å². The first-order valence-electron chi connectivity index (χ1n) is 11.3. The molecule has 1 aromatic heterocycles. The summed E-state index contributed by atoms with van der Waals surface area (Å²) in [7, 11) is 0. The van der Waals surface area contributed by atoms with Crippen LogP contribution in [0.1, 0.15) is 11.5 Å². The molecule has 0 fully saturated rings. The molecular formula is C30H18ClNO. The predicted octanol–water partition coefficient (Wildman–Crippen LogP) is 8.62. The van der Waals surface area contributed by atoms with Gasteiger partial charge in [-0.3, -0.25) is 0 Å². The van der Waals surface area contributed by atoms with Crippen LogP contribution in [0.3, 0.4) is 0 Å². The highest BCUT2D eigenvalue weighted by molar-refractivity contribution is 6.36. The number of anilines is 2. The standard InChI is InChI=1S/C30H18ClNO/c31-24-12-6-10-21-22-16-15-19-17-7-1-3-13-25(17)32-26-14-4-2-8-18(26)20-9-5-11-23(28(20)32)27(19)30(22)33-29(21)24/h1-16,18,26H. The quantitative estimate of drug-likeness (QED) is 0.238. The van der Waals surface area contributed by atoms with Crippen LogP contribution in [0.4, 0.5) is 11.4 Å². The van der Waals surface area contributed by atoms with E-state index in [1.807, 2.05) is 12.1 Å². The van der Waals surface area contributed by atoms with Crippen molar-refractivity contribution < 1.29 is 4.42 Å². The Hall–Kier alpha value is -3.75. The topological polar surface area (TPSA) is 16.4 Å². The van der Waals surface area contributed by atoms with Crippen molar-refractivity contribution in [2.75, 3.05) is 4.90 Å². The number of nitrogens with zero attached hydrogens (tertiary/aromatic N) is 1. The van der Waals surface area contributed by atoms with Crippen LogP contribution < -0.4 is 4.90 Å². The first-order chi connectivity index (χ1) is 16.3. The molecule has 0 N–H and O–H groups in total. The Kier molecular flexibility index (Phi) is 3.33. The molecule has 0 amide bonds. The highest BCUT2D eigenvalue weighted by atomic mass is 35.5. The molecule has 2 aliphatic heterocycles. The third kappa shape index (κ3) is 2.15. The highest BCUT2D eigenvalue weighted by Gasteiger charge is 2.42. The number of hydrogen-bond acceptors (Lipinski definition) is 2. The average Bonchev–Trinajstić information content (AvgIpc) is 3.37. The number of allylic oxidation sites excluding steroid dienone is 2. The van der Waals surface area contributed by atoms with Crippen LogP contribution >= 0.6 is 11.6 Å². The lowest BCUT2D eigenvalue weighted by Crippen LogP contribution is -2.28. The van der Waals surface area contributed by atoms with Gasteiger partial charge in [-0.2, -0.15) is 0 Å². The second kappa shape index (κ2) is 6.18. The van der Waals surface area contributed by atoms with E-state index < -0.39 is 0 Å². The van der Waals surface area contributed by atoms with Crippen LogP contribution in [-0.2, 0) is 0 Å². The summed E-state index contributed by atoms with van der Waals surface area (Å²) in [6, 6.07) is 26.1. The molecule has 3 aliphatic rings. The van der Waals surface area contributed by atoms with Crippen LogP contribution in [0.15, 0.2) is 102 Å².